The summed E-state index contributed by atoms with van der Waals surface area (Å²) in [6.45, 7) is 8.48. The molecule has 1 unspecified atom stereocenters. The monoisotopic (exact) mass is 270 g/mol. The van der Waals surface area contributed by atoms with Crippen LogP contribution in [-0.2, 0) is 0 Å². The van der Waals surface area contributed by atoms with Crippen molar-refractivity contribution in [3.63, 3.8) is 0 Å². The number of hydrogen-bond acceptors (Lipinski definition) is 1. The molecule has 84 valence electrons. The van der Waals surface area contributed by atoms with E-state index >= 15 is 0 Å². The maximum absolute atomic E-state index is 5.85. The quantitative estimate of drug-likeness (QED) is 0.775. The molecule has 0 aliphatic heterocycles. The zero-order valence-electron chi connectivity index (χ0n) is 9.93. The van der Waals surface area contributed by atoms with Gasteiger partial charge in [-0.25, -0.2) is 0 Å². The average molecular weight is 271 g/mol. The minimum absolute atomic E-state index is 0.301. The van der Waals surface area contributed by atoms with E-state index < -0.39 is 0 Å². The number of benzene rings is 1. The van der Waals surface area contributed by atoms with Crippen molar-refractivity contribution in [1.29, 1.82) is 0 Å². The molecule has 0 aromatic heterocycles. The Morgan fingerprint density at radius 3 is 2.27 bits per heavy atom. The van der Waals surface area contributed by atoms with Gasteiger partial charge in [0, 0.05) is 4.47 Å². The minimum atomic E-state index is 0.301. The van der Waals surface area contributed by atoms with E-state index in [0.717, 1.165) is 18.6 Å². The summed E-state index contributed by atoms with van der Waals surface area (Å²) in [7, 11) is 0. The van der Waals surface area contributed by atoms with E-state index in [0.29, 0.717) is 6.10 Å². The topological polar surface area (TPSA) is 9.23 Å². The van der Waals surface area contributed by atoms with Gasteiger partial charge in [0.15, 0.2) is 0 Å². The first-order chi connectivity index (χ1) is 7.04. The molecule has 0 radical (unpaired) electrons. The minimum Gasteiger partial charge on any atom is -0.491 e. The molecule has 0 fully saturated rings. The molecule has 1 aromatic rings. The Morgan fingerprint density at radius 2 is 1.80 bits per heavy atom. The molecule has 1 rings (SSSR count). The van der Waals surface area contributed by atoms with E-state index in [2.05, 4.69) is 55.8 Å². The molecule has 0 spiro atoms. The van der Waals surface area contributed by atoms with Gasteiger partial charge in [0.1, 0.15) is 5.75 Å². The van der Waals surface area contributed by atoms with Gasteiger partial charge in [-0.2, -0.15) is 0 Å². The van der Waals surface area contributed by atoms with Crippen LogP contribution in [0.1, 0.15) is 37.8 Å². The zero-order chi connectivity index (χ0) is 11.4. The number of aryl methyl sites for hydroxylation is 2. The SMILES string of the molecule is CCCC(C)Oc1cc(C)c(Br)c(C)c1. The summed E-state index contributed by atoms with van der Waals surface area (Å²) >= 11 is 3.55. The Hall–Kier alpha value is -0.500. The second-order valence-corrected chi connectivity index (χ2v) is 4.88. The van der Waals surface area contributed by atoms with Crippen LogP contribution in [0.2, 0.25) is 0 Å². The first-order valence-corrected chi connectivity index (χ1v) is 6.27. The fourth-order valence-corrected chi connectivity index (χ4v) is 1.90. The lowest BCUT2D eigenvalue weighted by Crippen LogP contribution is -2.11. The summed E-state index contributed by atoms with van der Waals surface area (Å²) in [5.41, 5.74) is 2.46. The fourth-order valence-electron chi connectivity index (χ4n) is 1.67. The number of halogens is 1. The second-order valence-electron chi connectivity index (χ2n) is 4.09. The molecular weight excluding hydrogens is 252 g/mol. The lowest BCUT2D eigenvalue weighted by atomic mass is 10.1. The molecule has 0 aliphatic carbocycles. The average Bonchev–Trinajstić information content (AvgIpc) is 2.14. The molecule has 0 saturated carbocycles. The highest BCUT2D eigenvalue weighted by Gasteiger charge is 2.06. The normalized spacial score (nSPS) is 12.6. The molecule has 1 aromatic carbocycles. The molecule has 0 aliphatic rings. The van der Waals surface area contributed by atoms with Crippen molar-refractivity contribution >= 4 is 15.9 Å². The molecule has 2 heteroatoms. The maximum atomic E-state index is 5.85. The van der Waals surface area contributed by atoms with Crippen molar-refractivity contribution in [2.75, 3.05) is 0 Å². The second kappa shape index (κ2) is 5.55. The van der Waals surface area contributed by atoms with Crippen molar-refractivity contribution in [2.45, 2.75) is 46.6 Å². The van der Waals surface area contributed by atoms with Gasteiger partial charge in [0.2, 0.25) is 0 Å². The third-order valence-electron chi connectivity index (χ3n) is 2.44. The molecule has 0 saturated heterocycles. The summed E-state index contributed by atoms with van der Waals surface area (Å²) in [5, 5.41) is 0. The van der Waals surface area contributed by atoms with E-state index in [4.69, 9.17) is 4.74 Å². The number of rotatable bonds is 4. The summed E-state index contributed by atoms with van der Waals surface area (Å²) in [5.74, 6) is 0.981. The molecule has 15 heavy (non-hydrogen) atoms. The van der Waals surface area contributed by atoms with E-state index in [9.17, 15) is 0 Å². The van der Waals surface area contributed by atoms with Crippen molar-refractivity contribution in [1.82, 2.24) is 0 Å². The molecule has 0 N–H and O–H groups in total. The van der Waals surface area contributed by atoms with E-state index in [1.807, 2.05) is 0 Å². The van der Waals surface area contributed by atoms with Gasteiger partial charge in [0.05, 0.1) is 6.10 Å². The van der Waals surface area contributed by atoms with Crippen LogP contribution in [-0.4, -0.2) is 6.10 Å². The lowest BCUT2D eigenvalue weighted by Gasteiger charge is -2.15. The maximum Gasteiger partial charge on any atom is 0.120 e. The molecule has 1 atom stereocenters. The first kappa shape index (κ1) is 12.6. The predicted octanol–water partition coefficient (Wildman–Crippen LogP) is 4.63. The van der Waals surface area contributed by atoms with E-state index in [1.165, 1.54) is 15.6 Å². The van der Waals surface area contributed by atoms with Crippen LogP contribution >= 0.6 is 15.9 Å². The Morgan fingerprint density at radius 1 is 1.27 bits per heavy atom. The van der Waals surface area contributed by atoms with Crippen LogP contribution in [0.4, 0.5) is 0 Å². The third-order valence-corrected chi connectivity index (χ3v) is 3.69. The van der Waals surface area contributed by atoms with Gasteiger partial charge >= 0.3 is 0 Å². The molecular formula is C13H19BrO. The van der Waals surface area contributed by atoms with Gasteiger partial charge in [-0.15, -0.1) is 0 Å². The summed E-state index contributed by atoms with van der Waals surface area (Å²) in [4.78, 5) is 0. The highest BCUT2D eigenvalue weighted by molar-refractivity contribution is 9.10. The molecule has 0 amide bonds. The summed E-state index contributed by atoms with van der Waals surface area (Å²) in [6.07, 6.45) is 2.57. The van der Waals surface area contributed by atoms with Crippen LogP contribution in [0.5, 0.6) is 5.75 Å². The van der Waals surface area contributed by atoms with Gasteiger partial charge < -0.3 is 4.74 Å². The Balaban J connectivity index is 2.78. The van der Waals surface area contributed by atoms with Crippen molar-refractivity contribution in [3.8, 4) is 5.75 Å². The smallest absolute Gasteiger partial charge is 0.120 e. The van der Waals surface area contributed by atoms with Crippen molar-refractivity contribution in [3.05, 3.63) is 27.7 Å². The Kier molecular flexibility index (Phi) is 4.65. The van der Waals surface area contributed by atoms with Crippen LogP contribution in [0.15, 0.2) is 16.6 Å². The standard InChI is InChI=1S/C13H19BrO/c1-5-6-11(4)15-12-7-9(2)13(14)10(3)8-12/h7-8,11H,5-6H2,1-4H3. The van der Waals surface area contributed by atoms with E-state index in [1.54, 1.807) is 0 Å². The highest BCUT2D eigenvalue weighted by atomic mass is 79.9. The van der Waals surface area contributed by atoms with Crippen LogP contribution in [0, 0.1) is 13.8 Å². The van der Waals surface area contributed by atoms with Crippen molar-refractivity contribution in [2.24, 2.45) is 0 Å². The summed E-state index contributed by atoms with van der Waals surface area (Å²) < 4.78 is 7.03. The Bertz CT molecular complexity index is 310. The van der Waals surface area contributed by atoms with Gasteiger partial charge in [-0.1, -0.05) is 29.3 Å². The molecule has 0 bridgehead atoms. The number of ether oxygens (including phenoxy) is 1. The first-order valence-electron chi connectivity index (χ1n) is 5.48. The largest absolute Gasteiger partial charge is 0.491 e. The highest BCUT2D eigenvalue weighted by Crippen LogP contribution is 2.27. The molecule has 1 nitrogen and oxygen atoms in total. The van der Waals surface area contributed by atoms with Gasteiger partial charge in [0.25, 0.3) is 0 Å². The lowest BCUT2D eigenvalue weighted by molar-refractivity contribution is 0.209. The number of hydrogen-bond donors (Lipinski definition) is 0. The van der Waals surface area contributed by atoms with Crippen LogP contribution in [0.3, 0.4) is 0 Å². The third kappa shape index (κ3) is 3.53. The van der Waals surface area contributed by atoms with Gasteiger partial charge in [-0.05, 0) is 50.5 Å². The fraction of sp³-hybridized carbons (Fsp3) is 0.538. The predicted molar refractivity (Wildman–Crippen MR) is 68.6 cm³/mol. The van der Waals surface area contributed by atoms with Crippen LogP contribution < -0.4 is 4.74 Å². The van der Waals surface area contributed by atoms with E-state index in [-0.39, 0.29) is 0 Å². The Labute approximate surface area is 101 Å². The van der Waals surface area contributed by atoms with Gasteiger partial charge in [-0.3, -0.25) is 0 Å². The zero-order valence-corrected chi connectivity index (χ0v) is 11.5. The van der Waals surface area contributed by atoms with Crippen molar-refractivity contribution < 1.29 is 4.74 Å². The summed E-state index contributed by atoms with van der Waals surface area (Å²) in [6, 6.07) is 4.17. The molecule has 0 heterocycles. The van der Waals surface area contributed by atoms with Crippen LogP contribution in [0.25, 0.3) is 0 Å².